The van der Waals surface area contributed by atoms with Crippen LogP contribution in [0, 0.1) is 10.1 Å². The van der Waals surface area contributed by atoms with Crippen molar-refractivity contribution in [3.8, 4) is 0 Å². The van der Waals surface area contributed by atoms with Gasteiger partial charge >= 0.3 is 5.97 Å². The van der Waals surface area contributed by atoms with Crippen molar-refractivity contribution in [3.05, 3.63) is 10.1 Å². The lowest BCUT2D eigenvalue weighted by molar-refractivity contribution is -0.742. The molecule has 1 unspecified atom stereocenters. The van der Waals surface area contributed by atoms with Gasteiger partial charge in [0.15, 0.2) is 0 Å². The van der Waals surface area contributed by atoms with E-state index in [-0.39, 0.29) is 0 Å². The van der Waals surface area contributed by atoms with E-state index in [4.69, 9.17) is 35.4 Å². The molecule has 0 saturated heterocycles. The van der Waals surface area contributed by atoms with Gasteiger partial charge in [0.2, 0.25) is 0 Å². The Bertz CT molecular complexity index is 168. The molecule has 0 radical (unpaired) electrons. The van der Waals surface area contributed by atoms with Crippen molar-refractivity contribution in [3.63, 3.8) is 0 Å². The fourth-order valence-corrected chi connectivity index (χ4v) is 0. The summed E-state index contributed by atoms with van der Waals surface area (Å²) in [6.45, 7) is 2.28. The molecule has 0 amide bonds. The van der Waals surface area contributed by atoms with Crippen LogP contribution in [0.15, 0.2) is 0 Å². The minimum atomic E-state index is -1.50. The molecule has 0 aliphatic heterocycles. The Hall–Kier alpha value is -1.90. The van der Waals surface area contributed by atoms with Gasteiger partial charge in [-0.15, -0.1) is 10.1 Å². The zero-order chi connectivity index (χ0) is 12.3. The zero-order valence-corrected chi connectivity index (χ0v) is 7.45. The van der Waals surface area contributed by atoms with Crippen LogP contribution >= 0.6 is 0 Å². The summed E-state index contributed by atoms with van der Waals surface area (Å²) in [5.74, 6) is -2.02. The average Bonchev–Trinajstić information content (AvgIpc) is 1.83. The molecule has 9 heteroatoms. The van der Waals surface area contributed by atoms with Crippen LogP contribution in [-0.2, 0) is 9.59 Å². The Morgan fingerprint density at radius 2 is 1.43 bits per heavy atom. The number of aliphatic hydroxyl groups excluding tert-OH is 1. The van der Waals surface area contributed by atoms with Gasteiger partial charge < -0.3 is 20.5 Å². The molecule has 0 aliphatic rings. The third-order valence-electron chi connectivity index (χ3n) is 0.357. The van der Waals surface area contributed by atoms with Crippen LogP contribution < -0.4 is 0 Å². The molecule has 0 heterocycles. The smallest absolute Gasteiger partial charge is 0.332 e. The van der Waals surface area contributed by atoms with Gasteiger partial charge in [0, 0.05) is 6.92 Å². The minimum Gasteiger partial charge on any atom is -0.481 e. The number of rotatable bonds is 1. The summed E-state index contributed by atoms with van der Waals surface area (Å²) in [5.41, 5.74) is 0. The largest absolute Gasteiger partial charge is 0.481 e. The lowest BCUT2D eigenvalue weighted by Gasteiger charge is -1.89. The Kier molecular flexibility index (Phi) is 14.3. The average molecular weight is 213 g/mol. The molecule has 0 aromatic carbocycles. The first-order chi connectivity index (χ1) is 6.11. The highest BCUT2D eigenvalue weighted by Crippen LogP contribution is 1.73. The minimum absolute atomic E-state index is 0.833. The Labute approximate surface area is 78.3 Å². The van der Waals surface area contributed by atoms with Gasteiger partial charge in [-0.05, 0) is 6.92 Å². The predicted octanol–water partition coefficient (Wildman–Crippen LogP) is -0.805. The molecule has 0 aliphatic carbocycles. The van der Waals surface area contributed by atoms with Crippen LogP contribution in [0.2, 0.25) is 0 Å². The molecule has 0 rings (SSSR count). The van der Waals surface area contributed by atoms with Crippen molar-refractivity contribution in [2.24, 2.45) is 0 Å². The second-order valence-electron chi connectivity index (χ2n) is 1.77. The van der Waals surface area contributed by atoms with E-state index in [2.05, 4.69) is 0 Å². The van der Waals surface area contributed by atoms with Crippen molar-refractivity contribution >= 4 is 11.9 Å². The van der Waals surface area contributed by atoms with E-state index in [0.717, 1.165) is 6.92 Å². The Morgan fingerprint density at radius 3 is 1.43 bits per heavy atom. The maximum absolute atomic E-state index is 9.45. The van der Waals surface area contributed by atoms with E-state index in [1.807, 2.05) is 0 Å². The molecule has 84 valence electrons. The maximum Gasteiger partial charge on any atom is 0.332 e. The molecule has 1 atom stereocenters. The lowest BCUT2D eigenvalue weighted by atomic mass is 10.4. The third-order valence-corrected chi connectivity index (χ3v) is 0.357. The third kappa shape index (κ3) is 190. The number of nitrogens with zero attached hydrogens (tertiary/aromatic N) is 1. The van der Waals surface area contributed by atoms with Crippen LogP contribution in [0.4, 0.5) is 0 Å². The summed E-state index contributed by atoms with van der Waals surface area (Å²) in [4.78, 5) is 26.8. The number of aliphatic carboxylic acids is 2. The van der Waals surface area contributed by atoms with Crippen LogP contribution in [0.5, 0.6) is 0 Å². The first-order valence-electron chi connectivity index (χ1n) is 3.04. The molecule has 0 fully saturated rings. The van der Waals surface area contributed by atoms with E-state index < -0.39 is 23.1 Å². The Balaban J connectivity index is -0.000000135. The molecule has 0 spiro atoms. The predicted molar refractivity (Wildman–Crippen MR) is 41.4 cm³/mol. The fraction of sp³-hybridized carbons (Fsp3) is 0.600. The van der Waals surface area contributed by atoms with Crippen LogP contribution in [0.25, 0.3) is 0 Å². The van der Waals surface area contributed by atoms with Crippen LogP contribution in [0.3, 0.4) is 0 Å². The lowest BCUT2D eigenvalue weighted by Crippen LogP contribution is -2.13. The number of carboxylic acid groups (broad SMARTS) is 2. The van der Waals surface area contributed by atoms with Crippen LogP contribution in [-0.4, -0.2) is 43.7 Å². The summed E-state index contributed by atoms with van der Waals surface area (Å²) >= 11 is 0. The van der Waals surface area contributed by atoms with E-state index in [9.17, 15) is 4.79 Å². The molecule has 0 saturated carbocycles. The van der Waals surface area contributed by atoms with Gasteiger partial charge in [0.05, 0.1) is 0 Å². The number of hydrogen-bond acceptors (Lipinski definition) is 5. The van der Waals surface area contributed by atoms with Crippen molar-refractivity contribution in [2.75, 3.05) is 0 Å². The molecule has 14 heavy (non-hydrogen) atoms. The number of carbonyl (C=O) groups is 2. The molecular formula is C5H11NO8. The summed E-state index contributed by atoms with van der Waals surface area (Å²) in [5, 5.41) is 36.8. The van der Waals surface area contributed by atoms with Crippen LogP contribution in [0.1, 0.15) is 13.8 Å². The van der Waals surface area contributed by atoms with E-state index in [1.165, 1.54) is 6.92 Å². The second kappa shape index (κ2) is 11.1. The maximum atomic E-state index is 9.45. The second-order valence-corrected chi connectivity index (χ2v) is 1.77. The van der Waals surface area contributed by atoms with Gasteiger partial charge in [-0.2, -0.15) is 0 Å². The summed E-state index contributed by atoms with van der Waals surface area (Å²) in [7, 11) is 0. The first kappa shape index (κ1) is 18.0. The highest BCUT2D eigenvalue weighted by atomic mass is 16.9. The molecular weight excluding hydrogens is 202 g/mol. The standard InChI is InChI=1S/C3H6O3.C2H4O2.HNO3/c1-2(4)3(5)6;1-2(3)4;2-1(3)4/h2,4H,1H3,(H,5,6);1H3,(H,3,4);(H,2,3,4). The molecule has 0 aromatic rings. The zero-order valence-electron chi connectivity index (χ0n) is 7.45. The van der Waals surface area contributed by atoms with Gasteiger partial charge in [-0.3, -0.25) is 4.79 Å². The number of aliphatic hydroxyl groups is 1. The van der Waals surface area contributed by atoms with Gasteiger partial charge in [0.25, 0.3) is 11.1 Å². The highest BCUT2D eigenvalue weighted by Gasteiger charge is 2.01. The summed E-state index contributed by atoms with van der Waals surface area (Å²) in [6, 6.07) is 0. The SMILES string of the molecule is CC(=O)O.CC(O)C(=O)O.O=[N+]([O-])O. The summed E-state index contributed by atoms with van der Waals surface area (Å²) in [6.07, 6.45) is -1.23. The fourth-order valence-electron chi connectivity index (χ4n) is 0. The van der Waals surface area contributed by atoms with Crippen molar-refractivity contribution in [1.82, 2.24) is 0 Å². The van der Waals surface area contributed by atoms with E-state index in [0.29, 0.717) is 0 Å². The molecule has 0 bridgehead atoms. The molecule has 0 aromatic heterocycles. The first-order valence-corrected chi connectivity index (χ1v) is 3.04. The monoisotopic (exact) mass is 213 g/mol. The molecule has 9 nitrogen and oxygen atoms in total. The summed E-state index contributed by atoms with van der Waals surface area (Å²) < 4.78 is 0. The van der Waals surface area contributed by atoms with Gasteiger partial charge in [-0.1, -0.05) is 0 Å². The highest BCUT2D eigenvalue weighted by molar-refractivity contribution is 5.71. The van der Waals surface area contributed by atoms with E-state index >= 15 is 0 Å². The number of carboxylic acids is 2. The van der Waals surface area contributed by atoms with Crippen molar-refractivity contribution in [2.45, 2.75) is 20.0 Å². The topological polar surface area (TPSA) is 158 Å². The number of hydrogen-bond donors (Lipinski definition) is 4. The molecule has 4 N–H and O–H groups in total. The van der Waals surface area contributed by atoms with Gasteiger partial charge in [-0.25, -0.2) is 4.79 Å². The van der Waals surface area contributed by atoms with Crippen molar-refractivity contribution < 1.29 is 35.2 Å². The van der Waals surface area contributed by atoms with E-state index in [1.54, 1.807) is 0 Å². The normalized spacial score (nSPS) is 9.36. The van der Waals surface area contributed by atoms with Crippen molar-refractivity contribution in [1.29, 1.82) is 0 Å². The Morgan fingerprint density at radius 1 is 1.36 bits per heavy atom. The van der Waals surface area contributed by atoms with Gasteiger partial charge in [0.1, 0.15) is 6.10 Å². The quantitative estimate of drug-likeness (QED) is 0.325.